The lowest BCUT2D eigenvalue weighted by molar-refractivity contribution is 0.0950. The first-order chi connectivity index (χ1) is 15.9. The number of hydrogen-bond acceptors (Lipinski definition) is 6. The molecule has 0 bridgehead atoms. The van der Waals surface area contributed by atoms with Crippen LogP contribution in [0.5, 0.6) is 11.6 Å². The highest BCUT2D eigenvalue weighted by Crippen LogP contribution is 2.20. The van der Waals surface area contributed by atoms with Crippen molar-refractivity contribution in [2.24, 2.45) is 0 Å². The molecule has 33 heavy (non-hydrogen) atoms. The number of amides is 1. The van der Waals surface area contributed by atoms with Gasteiger partial charge in [-0.2, -0.15) is 0 Å². The van der Waals surface area contributed by atoms with Crippen molar-refractivity contribution in [3.63, 3.8) is 0 Å². The van der Waals surface area contributed by atoms with Crippen molar-refractivity contribution in [3.8, 4) is 11.6 Å². The van der Waals surface area contributed by atoms with Crippen LogP contribution in [0.15, 0.2) is 71.8 Å². The SMILES string of the molecule is CCCOc1ncccc1CNC(=O)c1cccc(S(=O)(=O)Nc2ccc(OCC)cc2)c1. The molecule has 8 nitrogen and oxygen atoms in total. The fourth-order valence-electron chi connectivity index (χ4n) is 2.97. The third-order valence-electron chi connectivity index (χ3n) is 4.56. The van der Waals surface area contributed by atoms with E-state index in [2.05, 4.69) is 15.0 Å². The van der Waals surface area contributed by atoms with E-state index in [0.717, 1.165) is 12.0 Å². The van der Waals surface area contributed by atoms with E-state index in [1.165, 1.54) is 18.2 Å². The molecule has 174 valence electrons. The molecular weight excluding hydrogens is 442 g/mol. The van der Waals surface area contributed by atoms with Gasteiger partial charge in [0.1, 0.15) is 5.75 Å². The standard InChI is InChI=1S/C24H27N3O5S/c1-3-15-32-24-19(8-6-14-25-24)17-26-23(28)18-7-5-9-22(16-18)33(29,30)27-20-10-12-21(13-11-20)31-4-2/h5-14,16,27H,3-4,15,17H2,1-2H3,(H,26,28). The van der Waals surface area contributed by atoms with E-state index in [4.69, 9.17) is 9.47 Å². The van der Waals surface area contributed by atoms with Crippen molar-refractivity contribution in [2.45, 2.75) is 31.7 Å². The predicted octanol–water partition coefficient (Wildman–Crippen LogP) is 4.00. The van der Waals surface area contributed by atoms with Crippen molar-refractivity contribution < 1.29 is 22.7 Å². The van der Waals surface area contributed by atoms with Gasteiger partial charge in [0.2, 0.25) is 5.88 Å². The maximum Gasteiger partial charge on any atom is 0.261 e. The van der Waals surface area contributed by atoms with Crippen LogP contribution in [-0.2, 0) is 16.6 Å². The van der Waals surface area contributed by atoms with Crippen LogP contribution in [0.3, 0.4) is 0 Å². The first-order valence-electron chi connectivity index (χ1n) is 10.6. The molecule has 0 aliphatic carbocycles. The second kappa shape index (κ2) is 11.3. The highest BCUT2D eigenvalue weighted by molar-refractivity contribution is 7.92. The van der Waals surface area contributed by atoms with Gasteiger partial charge in [-0.1, -0.05) is 19.1 Å². The minimum Gasteiger partial charge on any atom is -0.494 e. The minimum absolute atomic E-state index is 0.0163. The van der Waals surface area contributed by atoms with Crippen molar-refractivity contribution in [3.05, 3.63) is 78.0 Å². The van der Waals surface area contributed by atoms with Crippen molar-refractivity contribution in [1.82, 2.24) is 10.3 Å². The fourth-order valence-corrected chi connectivity index (χ4v) is 4.07. The number of rotatable bonds is 11. The van der Waals surface area contributed by atoms with Crippen LogP contribution < -0.4 is 19.5 Å². The molecule has 0 aliphatic heterocycles. The molecule has 3 rings (SSSR count). The Morgan fingerprint density at radius 3 is 2.52 bits per heavy atom. The van der Waals surface area contributed by atoms with E-state index in [1.54, 1.807) is 42.6 Å². The quantitative estimate of drug-likeness (QED) is 0.440. The molecule has 2 N–H and O–H groups in total. The Bertz CT molecular complexity index is 1180. The summed E-state index contributed by atoms with van der Waals surface area (Å²) < 4.78 is 39.1. The Hall–Kier alpha value is -3.59. The van der Waals surface area contributed by atoms with Gasteiger partial charge in [-0.05, 0) is 61.9 Å². The van der Waals surface area contributed by atoms with E-state index in [-0.39, 0.29) is 17.0 Å². The van der Waals surface area contributed by atoms with Crippen LogP contribution in [0.4, 0.5) is 5.69 Å². The monoisotopic (exact) mass is 469 g/mol. The van der Waals surface area contributed by atoms with E-state index in [9.17, 15) is 13.2 Å². The number of nitrogens with one attached hydrogen (secondary N) is 2. The second-order valence-corrected chi connectivity index (χ2v) is 8.77. The zero-order valence-corrected chi connectivity index (χ0v) is 19.4. The first kappa shape index (κ1) is 24.1. The van der Waals surface area contributed by atoms with Gasteiger partial charge >= 0.3 is 0 Å². The van der Waals surface area contributed by atoms with Gasteiger partial charge in [-0.15, -0.1) is 0 Å². The summed E-state index contributed by atoms with van der Waals surface area (Å²) in [5, 5.41) is 2.79. The summed E-state index contributed by atoms with van der Waals surface area (Å²) in [6.45, 7) is 5.12. The number of anilines is 1. The Labute approximate surface area is 194 Å². The summed E-state index contributed by atoms with van der Waals surface area (Å²) in [7, 11) is -3.88. The lowest BCUT2D eigenvalue weighted by Crippen LogP contribution is -2.24. The Kier molecular flexibility index (Phi) is 8.26. The number of benzene rings is 2. The molecule has 0 atom stereocenters. The molecule has 0 unspecified atom stereocenters. The van der Waals surface area contributed by atoms with Crippen LogP contribution in [0.25, 0.3) is 0 Å². The zero-order chi connectivity index (χ0) is 23.7. The maximum atomic E-state index is 12.8. The zero-order valence-electron chi connectivity index (χ0n) is 18.6. The summed E-state index contributed by atoms with van der Waals surface area (Å²) in [6, 6.07) is 16.0. The molecular formula is C24H27N3O5S. The number of carbonyl (C=O) groups excluding carboxylic acids is 1. The van der Waals surface area contributed by atoms with Crippen molar-refractivity contribution >= 4 is 21.6 Å². The molecule has 1 heterocycles. The van der Waals surface area contributed by atoms with Gasteiger partial charge in [0.05, 0.1) is 18.1 Å². The van der Waals surface area contributed by atoms with E-state index < -0.39 is 15.9 Å². The topological polar surface area (TPSA) is 107 Å². The molecule has 0 saturated heterocycles. The van der Waals surface area contributed by atoms with Gasteiger partial charge in [0.15, 0.2) is 0 Å². The van der Waals surface area contributed by atoms with Gasteiger partial charge < -0.3 is 14.8 Å². The largest absolute Gasteiger partial charge is 0.494 e. The molecule has 0 saturated carbocycles. The number of ether oxygens (including phenoxy) is 2. The van der Waals surface area contributed by atoms with Crippen LogP contribution in [0.1, 0.15) is 36.2 Å². The Balaban J connectivity index is 1.69. The van der Waals surface area contributed by atoms with Gasteiger partial charge in [-0.3, -0.25) is 9.52 Å². The molecule has 3 aromatic rings. The number of sulfonamides is 1. The molecule has 0 spiro atoms. The summed E-state index contributed by atoms with van der Waals surface area (Å²) >= 11 is 0. The highest BCUT2D eigenvalue weighted by Gasteiger charge is 2.17. The molecule has 9 heteroatoms. The van der Waals surface area contributed by atoms with Crippen LogP contribution >= 0.6 is 0 Å². The number of pyridine rings is 1. The fraction of sp³-hybridized carbons (Fsp3) is 0.250. The summed E-state index contributed by atoms with van der Waals surface area (Å²) in [5.74, 6) is 0.713. The summed E-state index contributed by atoms with van der Waals surface area (Å²) in [4.78, 5) is 16.9. The summed E-state index contributed by atoms with van der Waals surface area (Å²) in [6.07, 6.45) is 2.47. The Morgan fingerprint density at radius 2 is 1.79 bits per heavy atom. The second-order valence-electron chi connectivity index (χ2n) is 7.09. The van der Waals surface area contributed by atoms with E-state index >= 15 is 0 Å². The molecule has 1 amide bonds. The average Bonchev–Trinajstić information content (AvgIpc) is 2.83. The first-order valence-corrected chi connectivity index (χ1v) is 12.1. The average molecular weight is 470 g/mol. The molecule has 1 aromatic heterocycles. The summed E-state index contributed by atoms with van der Waals surface area (Å²) in [5.41, 5.74) is 1.36. The van der Waals surface area contributed by atoms with E-state index in [1.807, 2.05) is 19.9 Å². The van der Waals surface area contributed by atoms with Crippen molar-refractivity contribution in [1.29, 1.82) is 0 Å². The number of hydrogen-bond donors (Lipinski definition) is 2. The van der Waals surface area contributed by atoms with E-state index in [0.29, 0.717) is 30.5 Å². The van der Waals surface area contributed by atoms with Crippen LogP contribution in [0.2, 0.25) is 0 Å². The van der Waals surface area contributed by atoms with Crippen LogP contribution in [-0.4, -0.2) is 32.5 Å². The Morgan fingerprint density at radius 1 is 1.00 bits per heavy atom. The minimum atomic E-state index is -3.88. The maximum absolute atomic E-state index is 12.8. The molecule has 0 radical (unpaired) electrons. The normalized spacial score (nSPS) is 11.0. The molecule has 0 aliphatic rings. The van der Waals surface area contributed by atoms with Gasteiger partial charge in [0, 0.05) is 29.6 Å². The van der Waals surface area contributed by atoms with Gasteiger partial charge in [0.25, 0.3) is 15.9 Å². The molecule has 2 aromatic carbocycles. The lowest BCUT2D eigenvalue weighted by atomic mass is 10.2. The highest BCUT2D eigenvalue weighted by atomic mass is 32.2. The van der Waals surface area contributed by atoms with Crippen LogP contribution in [0, 0.1) is 0 Å². The number of aromatic nitrogens is 1. The van der Waals surface area contributed by atoms with Crippen molar-refractivity contribution in [2.75, 3.05) is 17.9 Å². The third-order valence-corrected chi connectivity index (χ3v) is 5.94. The smallest absolute Gasteiger partial charge is 0.261 e. The lowest BCUT2D eigenvalue weighted by Gasteiger charge is -2.12. The predicted molar refractivity (Wildman–Crippen MR) is 126 cm³/mol. The number of carbonyl (C=O) groups is 1. The molecule has 0 fully saturated rings. The third kappa shape index (κ3) is 6.69. The van der Waals surface area contributed by atoms with Gasteiger partial charge in [-0.25, -0.2) is 13.4 Å². The number of nitrogens with zero attached hydrogens (tertiary/aromatic N) is 1.